The summed E-state index contributed by atoms with van der Waals surface area (Å²) in [5.41, 5.74) is 1.12. The lowest BCUT2D eigenvalue weighted by molar-refractivity contribution is -0.126. The Bertz CT molecular complexity index is 1200. The number of nitrogens with zero attached hydrogens (tertiary/aromatic N) is 2. The molecule has 2 saturated heterocycles. The molecule has 2 aliphatic heterocycles. The van der Waals surface area contributed by atoms with Gasteiger partial charge in [0.25, 0.3) is 5.91 Å². The Labute approximate surface area is 209 Å². The lowest BCUT2D eigenvalue weighted by Gasteiger charge is -2.32. The minimum absolute atomic E-state index is 0.0707. The second-order valence-corrected chi connectivity index (χ2v) is 10.8. The van der Waals surface area contributed by atoms with Gasteiger partial charge in [-0.2, -0.15) is 5.26 Å². The van der Waals surface area contributed by atoms with E-state index in [2.05, 4.69) is 21.7 Å². The zero-order chi connectivity index (χ0) is 24.6. The molecule has 0 radical (unpaired) electrons. The van der Waals surface area contributed by atoms with Crippen LogP contribution in [0.5, 0.6) is 0 Å². The fourth-order valence-electron chi connectivity index (χ4n) is 6.10. The molecule has 9 heteroatoms. The first-order valence-corrected chi connectivity index (χ1v) is 12.8. The van der Waals surface area contributed by atoms with Gasteiger partial charge in [0, 0.05) is 34.9 Å². The van der Waals surface area contributed by atoms with Gasteiger partial charge in [0.15, 0.2) is 0 Å². The molecule has 3 aliphatic rings. The summed E-state index contributed by atoms with van der Waals surface area (Å²) < 4.78 is 0. The van der Waals surface area contributed by atoms with Crippen LogP contribution in [0.25, 0.3) is 10.9 Å². The van der Waals surface area contributed by atoms with E-state index in [0.717, 1.165) is 36.6 Å². The Morgan fingerprint density at radius 3 is 2.77 bits per heavy atom. The lowest BCUT2D eigenvalue weighted by Crippen LogP contribution is -2.49. The molecule has 1 unspecified atom stereocenters. The maximum atomic E-state index is 13.7. The predicted octanol–water partition coefficient (Wildman–Crippen LogP) is 3.52. The number of hydrogen-bond acceptors (Lipinski definition) is 4. The van der Waals surface area contributed by atoms with Gasteiger partial charge in [-0.15, -0.1) is 0 Å². The molecule has 0 bridgehead atoms. The molecule has 1 saturated carbocycles. The third-order valence-electron chi connectivity index (χ3n) is 7.96. The van der Waals surface area contributed by atoms with Gasteiger partial charge in [-0.25, -0.2) is 0 Å². The molecule has 1 aromatic heterocycles. The number of rotatable bonds is 5. The molecule has 1 aromatic carbocycles. The second kappa shape index (κ2) is 9.54. The fourth-order valence-corrected chi connectivity index (χ4v) is 6.28. The van der Waals surface area contributed by atoms with Crippen LogP contribution in [0.4, 0.5) is 0 Å². The van der Waals surface area contributed by atoms with Gasteiger partial charge in [-0.05, 0) is 55.7 Å². The van der Waals surface area contributed by atoms with Crippen LogP contribution in [0.15, 0.2) is 24.3 Å². The van der Waals surface area contributed by atoms with Crippen molar-refractivity contribution in [2.24, 2.45) is 11.3 Å². The summed E-state index contributed by atoms with van der Waals surface area (Å²) in [6.45, 7) is 1.13. The summed E-state index contributed by atoms with van der Waals surface area (Å²) in [6.07, 6.45) is 6.89. The number of nitriles is 1. The number of fused-ring (bicyclic) bond motifs is 1. The number of H-pyrrole nitrogens is 1. The summed E-state index contributed by atoms with van der Waals surface area (Å²) in [5, 5.41) is 16.8. The number of aromatic amines is 1. The van der Waals surface area contributed by atoms with Crippen LogP contribution in [0.2, 0.25) is 5.02 Å². The zero-order valence-corrected chi connectivity index (χ0v) is 20.4. The van der Waals surface area contributed by atoms with Crippen molar-refractivity contribution in [3.8, 4) is 6.07 Å². The highest BCUT2D eigenvalue weighted by atomic mass is 35.5. The van der Waals surface area contributed by atoms with E-state index in [1.807, 2.05) is 6.07 Å². The van der Waals surface area contributed by atoms with Gasteiger partial charge < -0.3 is 20.5 Å². The highest BCUT2D eigenvalue weighted by Gasteiger charge is 2.49. The van der Waals surface area contributed by atoms with Crippen molar-refractivity contribution >= 4 is 40.2 Å². The van der Waals surface area contributed by atoms with Crippen molar-refractivity contribution in [3.05, 3.63) is 35.0 Å². The standard InChI is InChI=1S/C26H30ClN5O3/c27-18-5-4-16-11-21(31-20(16)12-18)25(35)32-15-26(7-2-1-3-8-26)13-22(32)24(34)30-19(14-28)10-17-6-9-29-23(17)33/h4-5,11-12,17,19,22,31H,1-3,6-10,13,15H2,(H,29,33)(H,30,34)/t17-,19-,22?/m0/s1. The maximum absolute atomic E-state index is 13.7. The Morgan fingerprint density at radius 2 is 2.06 bits per heavy atom. The van der Waals surface area contributed by atoms with Gasteiger partial charge in [-0.1, -0.05) is 36.9 Å². The Morgan fingerprint density at radius 1 is 1.26 bits per heavy atom. The van der Waals surface area contributed by atoms with Crippen molar-refractivity contribution in [1.82, 2.24) is 20.5 Å². The molecule has 3 N–H and O–H groups in total. The first-order valence-electron chi connectivity index (χ1n) is 12.4. The smallest absolute Gasteiger partial charge is 0.271 e. The maximum Gasteiger partial charge on any atom is 0.271 e. The van der Waals surface area contributed by atoms with E-state index in [4.69, 9.17) is 11.6 Å². The SMILES string of the molecule is N#C[C@H](C[C@@H]1CCNC1=O)NC(=O)C1CC2(CCCCC2)CN1C(=O)c1cc2ccc(Cl)cc2[nH]1. The van der Waals surface area contributed by atoms with Crippen LogP contribution in [0.3, 0.4) is 0 Å². The number of likely N-dealkylation sites (tertiary alicyclic amines) is 1. The van der Waals surface area contributed by atoms with Crippen LogP contribution in [-0.4, -0.2) is 52.8 Å². The number of halogens is 1. The van der Waals surface area contributed by atoms with E-state index in [-0.39, 0.29) is 35.5 Å². The molecule has 1 spiro atoms. The van der Waals surface area contributed by atoms with Crippen molar-refractivity contribution in [2.45, 2.75) is 63.5 Å². The molecule has 8 nitrogen and oxygen atoms in total. The molecular formula is C26H30ClN5O3. The number of carbonyl (C=O) groups is 3. The monoisotopic (exact) mass is 495 g/mol. The van der Waals surface area contributed by atoms with E-state index in [1.54, 1.807) is 23.1 Å². The first kappa shape index (κ1) is 23.7. The third kappa shape index (κ3) is 4.74. The summed E-state index contributed by atoms with van der Waals surface area (Å²) >= 11 is 6.11. The minimum atomic E-state index is -0.772. The van der Waals surface area contributed by atoms with Crippen LogP contribution in [0.1, 0.15) is 61.9 Å². The van der Waals surface area contributed by atoms with Crippen molar-refractivity contribution in [1.29, 1.82) is 5.26 Å². The summed E-state index contributed by atoms with van der Waals surface area (Å²) in [4.78, 5) is 44.0. The number of hydrogen-bond donors (Lipinski definition) is 3. The molecule has 3 heterocycles. The van der Waals surface area contributed by atoms with E-state index in [0.29, 0.717) is 36.6 Å². The molecule has 5 rings (SSSR count). The van der Waals surface area contributed by atoms with E-state index >= 15 is 0 Å². The van der Waals surface area contributed by atoms with Gasteiger partial charge in [-0.3, -0.25) is 14.4 Å². The summed E-state index contributed by atoms with van der Waals surface area (Å²) in [5.74, 6) is -0.880. The average Bonchev–Trinajstić information content (AvgIpc) is 3.56. The number of aromatic nitrogens is 1. The van der Waals surface area contributed by atoms with E-state index in [9.17, 15) is 19.6 Å². The van der Waals surface area contributed by atoms with Gasteiger partial charge >= 0.3 is 0 Å². The first-order chi connectivity index (χ1) is 16.9. The summed E-state index contributed by atoms with van der Waals surface area (Å²) in [6, 6.07) is 7.93. The van der Waals surface area contributed by atoms with E-state index in [1.165, 1.54) is 6.42 Å². The molecule has 1 aliphatic carbocycles. The number of nitrogens with one attached hydrogen (secondary N) is 3. The topological polar surface area (TPSA) is 118 Å². The van der Waals surface area contributed by atoms with E-state index < -0.39 is 12.1 Å². The molecule has 3 fully saturated rings. The Hall–Kier alpha value is -3.05. The lowest BCUT2D eigenvalue weighted by atomic mass is 9.72. The van der Waals surface area contributed by atoms with Crippen molar-refractivity contribution in [3.63, 3.8) is 0 Å². The van der Waals surface area contributed by atoms with Gasteiger partial charge in [0.1, 0.15) is 17.8 Å². The molecule has 3 amide bonds. The van der Waals surface area contributed by atoms with Crippen LogP contribution in [-0.2, 0) is 9.59 Å². The third-order valence-corrected chi connectivity index (χ3v) is 8.19. The average molecular weight is 496 g/mol. The predicted molar refractivity (Wildman–Crippen MR) is 132 cm³/mol. The van der Waals surface area contributed by atoms with Crippen molar-refractivity contribution in [2.75, 3.05) is 13.1 Å². The highest BCUT2D eigenvalue weighted by Crippen LogP contribution is 2.46. The second-order valence-electron chi connectivity index (χ2n) is 10.3. The van der Waals surface area contributed by atoms with Crippen LogP contribution in [0, 0.1) is 22.7 Å². The fraction of sp³-hybridized carbons (Fsp3) is 0.538. The van der Waals surface area contributed by atoms with Crippen LogP contribution >= 0.6 is 11.6 Å². The normalized spacial score (nSPS) is 24.3. The summed E-state index contributed by atoms with van der Waals surface area (Å²) in [7, 11) is 0. The largest absolute Gasteiger partial charge is 0.356 e. The quantitative estimate of drug-likeness (QED) is 0.588. The van der Waals surface area contributed by atoms with Crippen LogP contribution < -0.4 is 10.6 Å². The molecular weight excluding hydrogens is 466 g/mol. The Balaban J connectivity index is 1.37. The molecule has 3 atom stereocenters. The molecule has 184 valence electrons. The minimum Gasteiger partial charge on any atom is -0.356 e. The highest BCUT2D eigenvalue weighted by molar-refractivity contribution is 6.31. The number of amides is 3. The number of benzene rings is 1. The number of carbonyl (C=O) groups excluding carboxylic acids is 3. The molecule has 35 heavy (non-hydrogen) atoms. The van der Waals surface area contributed by atoms with Gasteiger partial charge in [0.05, 0.1) is 6.07 Å². The van der Waals surface area contributed by atoms with Gasteiger partial charge in [0.2, 0.25) is 11.8 Å². The zero-order valence-electron chi connectivity index (χ0n) is 19.6. The Kier molecular flexibility index (Phi) is 6.45. The van der Waals surface area contributed by atoms with Crippen molar-refractivity contribution < 1.29 is 14.4 Å². The molecule has 2 aromatic rings.